The Morgan fingerprint density at radius 2 is 1.96 bits per heavy atom. The molecular weight excluding hydrogens is 307 g/mol. The van der Waals surface area contributed by atoms with Crippen LogP contribution in [0, 0.1) is 5.41 Å². The average molecular weight is 329 g/mol. The average Bonchev–Trinajstić information content (AvgIpc) is 2.54. The van der Waals surface area contributed by atoms with E-state index < -0.39 is 11.7 Å². The van der Waals surface area contributed by atoms with Crippen molar-refractivity contribution < 1.29 is 23.1 Å². The van der Waals surface area contributed by atoms with Gasteiger partial charge in [0.1, 0.15) is 0 Å². The first-order valence-electron chi connectivity index (χ1n) is 7.84. The number of likely N-dealkylation sites (tertiary alicyclic amines) is 1. The zero-order valence-corrected chi connectivity index (χ0v) is 13.2. The second-order valence-corrected chi connectivity index (χ2v) is 6.27. The van der Waals surface area contributed by atoms with Gasteiger partial charge in [0.25, 0.3) is 0 Å². The van der Waals surface area contributed by atoms with Crippen LogP contribution < -0.4 is 0 Å². The van der Waals surface area contributed by atoms with Gasteiger partial charge in [0.15, 0.2) is 0 Å². The highest BCUT2D eigenvalue weighted by Gasteiger charge is 2.34. The van der Waals surface area contributed by atoms with Crippen molar-refractivity contribution in [2.75, 3.05) is 19.7 Å². The third-order valence-electron chi connectivity index (χ3n) is 4.87. The van der Waals surface area contributed by atoms with Gasteiger partial charge in [-0.15, -0.1) is 0 Å². The molecule has 0 radical (unpaired) electrons. The van der Waals surface area contributed by atoms with E-state index in [1.807, 2.05) is 6.92 Å². The van der Waals surface area contributed by atoms with Crippen LogP contribution in [0.3, 0.4) is 0 Å². The van der Waals surface area contributed by atoms with Gasteiger partial charge in [-0.05, 0) is 36.3 Å². The number of aliphatic hydroxyl groups excluding tert-OH is 1. The summed E-state index contributed by atoms with van der Waals surface area (Å²) in [6.07, 6.45) is -2.10. The predicted octanol–water partition coefficient (Wildman–Crippen LogP) is 3.26. The van der Waals surface area contributed by atoms with Crippen molar-refractivity contribution in [1.29, 1.82) is 0 Å². The summed E-state index contributed by atoms with van der Waals surface area (Å²) in [6, 6.07) is 4.91. The fraction of sp³-hybridized carbons (Fsp3) is 0.588. The maximum atomic E-state index is 12.7. The number of alkyl halides is 3. The number of hydrogen-bond acceptors (Lipinski definition) is 2. The molecule has 128 valence electrons. The number of amides is 1. The zero-order valence-electron chi connectivity index (χ0n) is 13.2. The van der Waals surface area contributed by atoms with E-state index in [1.165, 1.54) is 6.07 Å². The van der Waals surface area contributed by atoms with Crippen LogP contribution in [-0.2, 0) is 17.4 Å². The molecular formula is C17H22F3NO2. The Labute approximate surface area is 134 Å². The minimum atomic E-state index is -4.40. The number of halogens is 3. The molecule has 6 heteroatoms. The van der Waals surface area contributed by atoms with Crippen molar-refractivity contribution in [3.05, 3.63) is 35.4 Å². The number of carbonyl (C=O) groups is 1. The highest BCUT2D eigenvalue weighted by molar-refractivity contribution is 5.79. The summed E-state index contributed by atoms with van der Waals surface area (Å²) in [5, 5.41) is 9.50. The lowest BCUT2D eigenvalue weighted by Crippen LogP contribution is -2.45. The molecule has 1 heterocycles. The summed E-state index contributed by atoms with van der Waals surface area (Å²) in [5.41, 5.74) is -0.474. The first-order chi connectivity index (χ1) is 10.8. The minimum Gasteiger partial charge on any atom is -0.396 e. The van der Waals surface area contributed by atoms with Crippen LogP contribution in [0.5, 0.6) is 0 Å². The summed E-state index contributed by atoms with van der Waals surface area (Å²) in [6.45, 7) is 3.23. The van der Waals surface area contributed by atoms with Crippen LogP contribution in [0.15, 0.2) is 24.3 Å². The third-order valence-corrected chi connectivity index (χ3v) is 4.87. The van der Waals surface area contributed by atoms with Crippen LogP contribution in [-0.4, -0.2) is 35.6 Å². The lowest BCUT2D eigenvalue weighted by atomic mass is 9.77. The molecule has 1 aromatic rings. The van der Waals surface area contributed by atoms with Crippen LogP contribution in [0.1, 0.15) is 37.3 Å². The number of piperidine rings is 1. The van der Waals surface area contributed by atoms with Crippen LogP contribution in [0.25, 0.3) is 0 Å². The van der Waals surface area contributed by atoms with E-state index in [4.69, 9.17) is 0 Å². The summed E-state index contributed by atoms with van der Waals surface area (Å²) < 4.78 is 38.1. The molecule has 1 saturated heterocycles. The first kappa shape index (κ1) is 17.8. The zero-order chi connectivity index (χ0) is 17.1. The highest BCUT2D eigenvalue weighted by atomic mass is 19.4. The molecule has 1 aliphatic rings. The van der Waals surface area contributed by atoms with Crippen molar-refractivity contribution in [3.63, 3.8) is 0 Å². The van der Waals surface area contributed by atoms with Gasteiger partial charge in [-0.3, -0.25) is 4.79 Å². The maximum Gasteiger partial charge on any atom is 0.416 e. The fourth-order valence-electron chi connectivity index (χ4n) is 3.00. The summed E-state index contributed by atoms with van der Waals surface area (Å²) in [4.78, 5) is 14.0. The number of rotatable bonds is 4. The molecule has 1 N–H and O–H groups in total. The molecule has 0 aromatic heterocycles. The van der Waals surface area contributed by atoms with E-state index in [-0.39, 0.29) is 24.3 Å². The Morgan fingerprint density at radius 1 is 1.30 bits per heavy atom. The molecule has 0 spiro atoms. The Bertz CT molecular complexity index is 543. The van der Waals surface area contributed by atoms with E-state index in [0.717, 1.165) is 31.4 Å². The molecule has 2 rings (SSSR count). The molecule has 0 unspecified atom stereocenters. The number of hydrogen-bond donors (Lipinski definition) is 1. The van der Waals surface area contributed by atoms with Gasteiger partial charge >= 0.3 is 6.18 Å². The van der Waals surface area contributed by atoms with Gasteiger partial charge in [-0.2, -0.15) is 13.2 Å². The number of carbonyl (C=O) groups excluding carboxylic acids is 1. The molecule has 0 bridgehead atoms. The topological polar surface area (TPSA) is 40.5 Å². The summed E-state index contributed by atoms with van der Waals surface area (Å²) >= 11 is 0. The summed E-state index contributed by atoms with van der Waals surface area (Å²) in [5.74, 6) is -0.160. The van der Waals surface area contributed by atoms with Crippen molar-refractivity contribution in [2.24, 2.45) is 5.41 Å². The Hall–Kier alpha value is -1.56. The lowest BCUT2D eigenvalue weighted by molar-refractivity contribution is -0.138. The van der Waals surface area contributed by atoms with E-state index in [9.17, 15) is 23.1 Å². The summed E-state index contributed by atoms with van der Waals surface area (Å²) in [7, 11) is 0. The van der Waals surface area contributed by atoms with Crippen molar-refractivity contribution in [1.82, 2.24) is 4.90 Å². The maximum absolute atomic E-state index is 12.7. The smallest absolute Gasteiger partial charge is 0.396 e. The van der Waals surface area contributed by atoms with Crippen LogP contribution >= 0.6 is 0 Å². The van der Waals surface area contributed by atoms with Crippen molar-refractivity contribution in [2.45, 2.75) is 38.8 Å². The van der Waals surface area contributed by atoms with Crippen LogP contribution in [0.2, 0.25) is 0 Å². The molecule has 0 atom stereocenters. The van der Waals surface area contributed by atoms with E-state index in [0.29, 0.717) is 18.7 Å². The van der Waals surface area contributed by atoms with Crippen LogP contribution in [0.4, 0.5) is 13.2 Å². The van der Waals surface area contributed by atoms with Gasteiger partial charge in [0.2, 0.25) is 5.91 Å². The second kappa shape index (κ2) is 6.91. The SMILES string of the molecule is CCC1(CO)CCN(C(=O)Cc2cccc(C(F)(F)F)c2)CC1. The van der Waals surface area contributed by atoms with E-state index in [2.05, 4.69) is 0 Å². The molecule has 0 saturated carbocycles. The number of aliphatic hydroxyl groups is 1. The van der Waals surface area contributed by atoms with Gasteiger partial charge in [0.05, 0.1) is 12.0 Å². The molecule has 0 aliphatic carbocycles. The fourth-order valence-corrected chi connectivity index (χ4v) is 3.00. The highest BCUT2D eigenvalue weighted by Crippen LogP contribution is 2.34. The molecule has 1 aliphatic heterocycles. The predicted molar refractivity (Wildman–Crippen MR) is 80.8 cm³/mol. The van der Waals surface area contributed by atoms with Crippen molar-refractivity contribution >= 4 is 5.91 Å². The van der Waals surface area contributed by atoms with Gasteiger partial charge in [-0.25, -0.2) is 0 Å². The second-order valence-electron chi connectivity index (χ2n) is 6.27. The number of benzene rings is 1. The van der Waals surface area contributed by atoms with Gasteiger partial charge < -0.3 is 10.0 Å². The van der Waals surface area contributed by atoms with Gasteiger partial charge in [0, 0.05) is 19.7 Å². The molecule has 23 heavy (non-hydrogen) atoms. The third kappa shape index (κ3) is 4.25. The quantitative estimate of drug-likeness (QED) is 0.921. The Morgan fingerprint density at radius 3 is 2.48 bits per heavy atom. The lowest BCUT2D eigenvalue weighted by Gasteiger charge is -2.40. The Balaban J connectivity index is 1.98. The molecule has 1 fully saturated rings. The minimum absolute atomic E-state index is 0.0256. The Kier molecular flexibility index (Phi) is 5.34. The van der Waals surface area contributed by atoms with Crippen molar-refractivity contribution in [3.8, 4) is 0 Å². The number of nitrogens with zero attached hydrogens (tertiary/aromatic N) is 1. The van der Waals surface area contributed by atoms with Gasteiger partial charge in [-0.1, -0.05) is 25.1 Å². The largest absolute Gasteiger partial charge is 0.416 e. The molecule has 1 aromatic carbocycles. The van der Waals surface area contributed by atoms with E-state index >= 15 is 0 Å². The monoisotopic (exact) mass is 329 g/mol. The molecule has 3 nitrogen and oxygen atoms in total. The standard InChI is InChI=1S/C17H22F3NO2/c1-2-16(12-22)6-8-21(9-7-16)15(23)11-13-4-3-5-14(10-13)17(18,19)20/h3-5,10,22H,2,6-9,11-12H2,1H3. The first-order valence-corrected chi connectivity index (χ1v) is 7.84. The molecule has 1 amide bonds. The normalized spacial score (nSPS) is 18.0. The van der Waals surface area contributed by atoms with E-state index in [1.54, 1.807) is 11.0 Å².